The van der Waals surface area contributed by atoms with Gasteiger partial charge >= 0.3 is 6.18 Å². The van der Waals surface area contributed by atoms with Gasteiger partial charge in [-0.15, -0.1) is 0 Å². The van der Waals surface area contributed by atoms with E-state index in [9.17, 15) is 22.4 Å². The van der Waals surface area contributed by atoms with Crippen LogP contribution in [0.15, 0.2) is 18.2 Å². The molecule has 0 heterocycles. The molecule has 0 amide bonds. The Morgan fingerprint density at radius 2 is 1.94 bits per heavy atom. The molecular weight excluding hydrogens is 250 g/mol. The Balaban J connectivity index is 2.95. The first kappa shape index (κ1) is 14.5. The molecule has 2 nitrogen and oxygen atoms in total. The fourth-order valence-corrected chi connectivity index (χ4v) is 1.59. The van der Waals surface area contributed by atoms with Crippen LogP contribution in [0.25, 0.3) is 0 Å². The average Bonchev–Trinajstić information content (AvgIpc) is 2.24. The highest BCUT2D eigenvalue weighted by Gasteiger charge is 2.28. The number of anilines is 1. The lowest BCUT2D eigenvalue weighted by Crippen LogP contribution is -2.25. The summed E-state index contributed by atoms with van der Waals surface area (Å²) in [5.41, 5.74) is -0.00563. The molecule has 100 valence electrons. The van der Waals surface area contributed by atoms with Crippen LogP contribution in [-0.2, 0) is 0 Å². The zero-order valence-electron chi connectivity index (χ0n) is 10.0. The number of benzene rings is 1. The molecule has 0 aliphatic carbocycles. The van der Waals surface area contributed by atoms with Gasteiger partial charge in [0, 0.05) is 13.6 Å². The number of nitrogens with zero attached hydrogens (tertiary/aromatic N) is 1. The molecule has 18 heavy (non-hydrogen) atoms. The molecule has 0 saturated heterocycles. The molecule has 0 atom stereocenters. The van der Waals surface area contributed by atoms with Crippen LogP contribution in [0.1, 0.15) is 23.7 Å². The van der Waals surface area contributed by atoms with Crippen molar-refractivity contribution in [1.29, 1.82) is 0 Å². The van der Waals surface area contributed by atoms with E-state index < -0.39 is 24.2 Å². The van der Waals surface area contributed by atoms with Crippen LogP contribution in [-0.4, -0.2) is 25.6 Å². The summed E-state index contributed by atoms with van der Waals surface area (Å²) >= 11 is 0. The summed E-state index contributed by atoms with van der Waals surface area (Å²) in [6.45, 7) is 0.854. The minimum atomic E-state index is -4.28. The Morgan fingerprint density at radius 3 is 2.44 bits per heavy atom. The van der Waals surface area contributed by atoms with Crippen LogP contribution in [0.3, 0.4) is 0 Å². The minimum absolute atomic E-state index is 0.173. The standard InChI is InChI=1S/C12H13F4NO/c1-8(18)11-9(13)4-3-5-10(11)17(2)7-6-12(14,15)16/h3-5H,6-7H2,1-2H3. The summed E-state index contributed by atoms with van der Waals surface area (Å²) in [5.74, 6) is -1.24. The van der Waals surface area contributed by atoms with Crippen LogP contribution in [0.4, 0.5) is 23.2 Å². The highest BCUT2D eigenvalue weighted by Crippen LogP contribution is 2.25. The molecule has 6 heteroatoms. The van der Waals surface area contributed by atoms with E-state index in [-0.39, 0.29) is 17.8 Å². The Morgan fingerprint density at radius 1 is 1.33 bits per heavy atom. The molecule has 1 aromatic carbocycles. The largest absolute Gasteiger partial charge is 0.390 e. The third-order valence-corrected chi connectivity index (χ3v) is 2.49. The number of carbonyl (C=O) groups excluding carboxylic acids is 1. The number of Topliss-reactive ketones (excluding diaryl/α,β-unsaturated/α-hetero) is 1. The lowest BCUT2D eigenvalue weighted by Gasteiger charge is -2.22. The van der Waals surface area contributed by atoms with Gasteiger partial charge < -0.3 is 4.90 Å². The maximum absolute atomic E-state index is 13.5. The second-order valence-corrected chi connectivity index (χ2v) is 3.98. The van der Waals surface area contributed by atoms with Gasteiger partial charge in [-0.1, -0.05) is 6.07 Å². The van der Waals surface area contributed by atoms with Crippen molar-refractivity contribution in [2.24, 2.45) is 0 Å². The van der Waals surface area contributed by atoms with Gasteiger partial charge in [-0.2, -0.15) is 13.2 Å². The van der Waals surface area contributed by atoms with Crippen LogP contribution >= 0.6 is 0 Å². The number of hydrogen-bond acceptors (Lipinski definition) is 2. The summed E-state index contributed by atoms with van der Waals surface area (Å²) in [7, 11) is 1.40. The van der Waals surface area contributed by atoms with Crippen molar-refractivity contribution in [3.63, 3.8) is 0 Å². The predicted octanol–water partition coefficient (Wildman–Crippen LogP) is 3.42. The number of ketones is 1. The van der Waals surface area contributed by atoms with Crippen LogP contribution in [0.2, 0.25) is 0 Å². The Labute approximate surface area is 102 Å². The summed E-state index contributed by atoms with van der Waals surface area (Å²) in [6, 6.07) is 3.90. The molecule has 0 spiro atoms. The van der Waals surface area contributed by atoms with Crippen LogP contribution in [0.5, 0.6) is 0 Å². The van der Waals surface area contributed by atoms with E-state index in [0.717, 1.165) is 6.07 Å². The average molecular weight is 263 g/mol. The first-order chi connectivity index (χ1) is 8.22. The predicted molar refractivity (Wildman–Crippen MR) is 60.3 cm³/mol. The molecule has 0 aromatic heterocycles. The number of alkyl halides is 3. The lowest BCUT2D eigenvalue weighted by molar-refractivity contribution is -0.132. The molecule has 0 unspecified atom stereocenters. The second-order valence-electron chi connectivity index (χ2n) is 3.98. The van der Waals surface area contributed by atoms with E-state index >= 15 is 0 Å². The SMILES string of the molecule is CC(=O)c1c(F)cccc1N(C)CCC(F)(F)F. The Hall–Kier alpha value is -1.59. The lowest BCUT2D eigenvalue weighted by atomic mass is 10.1. The topological polar surface area (TPSA) is 20.3 Å². The molecule has 0 bridgehead atoms. The third kappa shape index (κ3) is 3.72. The van der Waals surface area contributed by atoms with Crippen molar-refractivity contribution in [1.82, 2.24) is 0 Å². The van der Waals surface area contributed by atoms with E-state index in [4.69, 9.17) is 0 Å². The van der Waals surface area contributed by atoms with Gasteiger partial charge in [0.25, 0.3) is 0 Å². The highest BCUT2D eigenvalue weighted by atomic mass is 19.4. The number of halogens is 4. The van der Waals surface area contributed by atoms with Gasteiger partial charge in [-0.25, -0.2) is 4.39 Å². The van der Waals surface area contributed by atoms with Gasteiger partial charge in [0.1, 0.15) is 5.82 Å². The number of carbonyl (C=O) groups is 1. The van der Waals surface area contributed by atoms with Crippen LogP contribution in [0, 0.1) is 5.82 Å². The maximum atomic E-state index is 13.5. The maximum Gasteiger partial charge on any atom is 0.390 e. The summed E-state index contributed by atoms with van der Waals surface area (Å²) in [5, 5.41) is 0. The van der Waals surface area contributed by atoms with E-state index in [2.05, 4.69) is 0 Å². The second kappa shape index (κ2) is 5.37. The molecule has 0 aliphatic rings. The van der Waals surface area contributed by atoms with Crippen molar-refractivity contribution < 1.29 is 22.4 Å². The Kier molecular flexibility index (Phi) is 4.32. The van der Waals surface area contributed by atoms with Gasteiger partial charge in [-0.05, 0) is 19.1 Å². The minimum Gasteiger partial charge on any atom is -0.374 e. The van der Waals surface area contributed by atoms with Gasteiger partial charge in [0.2, 0.25) is 0 Å². The number of rotatable bonds is 4. The first-order valence-electron chi connectivity index (χ1n) is 5.29. The van der Waals surface area contributed by atoms with E-state index in [1.807, 2.05) is 0 Å². The van der Waals surface area contributed by atoms with Crippen LogP contribution < -0.4 is 4.90 Å². The van der Waals surface area contributed by atoms with Crippen molar-refractivity contribution in [3.8, 4) is 0 Å². The third-order valence-electron chi connectivity index (χ3n) is 2.49. The van der Waals surface area contributed by atoms with E-state index in [1.165, 1.54) is 31.0 Å². The van der Waals surface area contributed by atoms with Crippen molar-refractivity contribution in [3.05, 3.63) is 29.6 Å². The molecule has 0 saturated carbocycles. The first-order valence-corrected chi connectivity index (χ1v) is 5.29. The van der Waals surface area contributed by atoms with Crippen molar-refractivity contribution in [2.75, 3.05) is 18.5 Å². The normalized spacial score (nSPS) is 11.4. The Bertz CT molecular complexity index is 442. The highest BCUT2D eigenvalue weighted by molar-refractivity contribution is 5.99. The quantitative estimate of drug-likeness (QED) is 0.613. The molecule has 0 aliphatic heterocycles. The van der Waals surface area contributed by atoms with Gasteiger partial charge in [-0.3, -0.25) is 4.79 Å². The molecule has 0 N–H and O–H groups in total. The van der Waals surface area contributed by atoms with Crippen molar-refractivity contribution in [2.45, 2.75) is 19.5 Å². The zero-order chi connectivity index (χ0) is 13.9. The number of hydrogen-bond donors (Lipinski definition) is 0. The molecule has 1 aromatic rings. The molecular formula is C12H13F4NO. The fourth-order valence-electron chi connectivity index (χ4n) is 1.59. The smallest absolute Gasteiger partial charge is 0.374 e. The van der Waals surface area contributed by atoms with Gasteiger partial charge in [0.15, 0.2) is 5.78 Å². The van der Waals surface area contributed by atoms with E-state index in [1.54, 1.807) is 0 Å². The fraction of sp³-hybridized carbons (Fsp3) is 0.417. The van der Waals surface area contributed by atoms with E-state index in [0.29, 0.717) is 0 Å². The molecule has 1 rings (SSSR count). The molecule has 0 fully saturated rings. The summed E-state index contributed by atoms with van der Waals surface area (Å²) in [4.78, 5) is 12.5. The van der Waals surface area contributed by atoms with Crippen molar-refractivity contribution >= 4 is 11.5 Å². The summed E-state index contributed by atoms with van der Waals surface area (Å²) in [6.07, 6.45) is -5.30. The summed E-state index contributed by atoms with van der Waals surface area (Å²) < 4.78 is 49.8. The molecule has 0 radical (unpaired) electrons. The zero-order valence-corrected chi connectivity index (χ0v) is 10.0. The van der Waals surface area contributed by atoms with Gasteiger partial charge in [0.05, 0.1) is 17.7 Å². The monoisotopic (exact) mass is 263 g/mol.